The van der Waals surface area contributed by atoms with Crippen molar-refractivity contribution in [2.75, 3.05) is 18.1 Å². The van der Waals surface area contributed by atoms with Gasteiger partial charge in [0, 0.05) is 18.7 Å². The van der Waals surface area contributed by atoms with Gasteiger partial charge in [0.05, 0.1) is 6.04 Å². The maximum atomic E-state index is 13.3. The number of hydrogen-bond acceptors (Lipinski definition) is 3. The van der Waals surface area contributed by atoms with Gasteiger partial charge in [0.25, 0.3) is 5.91 Å². The molecule has 2 amide bonds. The van der Waals surface area contributed by atoms with Crippen LogP contribution in [0.5, 0.6) is 5.75 Å². The van der Waals surface area contributed by atoms with Crippen molar-refractivity contribution in [3.05, 3.63) is 59.9 Å². The predicted molar refractivity (Wildman–Crippen MR) is 92.0 cm³/mol. The standard InChI is InChI=1S/C19H19FN2O3/c1-13-5-7-17(8-6-13)25-12-18(23)21-15-10-19(24)22(11-15)16-4-2-3-14(20)9-16/h2-9,15H,10-12H2,1H3,(H,21,23)/t15-/m0/s1. The van der Waals surface area contributed by atoms with Crippen molar-refractivity contribution in [3.8, 4) is 5.75 Å². The fourth-order valence-electron chi connectivity index (χ4n) is 2.75. The SMILES string of the molecule is Cc1ccc(OCC(=O)N[C@H]2CC(=O)N(c3cccc(F)c3)C2)cc1. The average molecular weight is 342 g/mol. The van der Waals surface area contributed by atoms with E-state index in [0.717, 1.165) is 5.56 Å². The molecule has 1 aliphatic rings. The third-order valence-corrected chi connectivity index (χ3v) is 4.00. The molecule has 25 heavy (non-hydrogen) atoms. The Kier molecular flexibility index (Phi) is 4.97. The zero-order chi connectivity index (χ0) is 17.8. The molecule has 1 heterocycles. The monoisotopic (exact) mass is 342 g/mol. The molecule has 1 saturated heterocycles. The first-order chi connectivity index (χ1) is 12.0. The molecule has 0 aromatic heterocycles. The molecule has 2 aromatic rings. The highest BCUT2D eigenvalue weighted by molar-refractivity contribution is 5.96. The number of carbonyl (C=O) groups is 2. The van der Waals surface area contributed by atoms with Crippen LogP contribution in [0.1, 0.15) is 12.0 Å². The number of anilines is 1. The molecule has 0 aliphatic carbocycles. The van der Waals surface area contributed by atoms with Gasteiger partial charge in [-0.3, -0.25) is 9.59 Å². The molecule has 2 aromatic carbocycles. The Balaban J connectivity index is 1.52. The fourth-order valence-corrected chi connectivity index (χ4v) is 2.75. The van der Waals surface area contributed by atoms with E-state index in [2.05, 4.69) is 5.32 Å². The van der Waals surface area contributed by atoms with Crippen LogP contribution in [-0.4, -0.2) is 31.0 Å². The van der Waals surface area contributed by atoms with Crippen LogP contribution in [-0.2, 0) is 9.59 Å². The molecule has 0 radical (unpaired) electrons. The van der Waals surface area contributed by atoms with Gasteiger partial charge in [0.1, 0.15) is 11.6 Å². The molecule has 1 atom stereocenters. The number of nitrogens with zero attached hydrogens (tertiary/aromatic N) is 1. The van der Waals surface area contributed by atoms with Crippen LogP contribution in [0, 0.1) is 12.7 Å². The number of nitrogens with one attached hydrogen (secondary N) is 1. The Hall–Kier alpha value is -2.89. The minimum Gasteiger partial charge on any atom is -0.484 e. The van der Waals surface area contributed by atoms with Crippen molar-refractivity contribution in [2.45, 2.75) is 19.4 Å². The minimum absolute atomic E-state index is 0.117. The lowest BCUT2D eigenvalue weighted by molar-refractivity contribution is -0.123. The number of aryl methyl sites for hydroxylation is 1. The molecule has 0 unspecified atom stereocenters. The number of amides is 2. The largest absolute Gasteiger partial charge is 0.484 e. The molecule has 6 heteroatoms. The van der Waals surface area contributed by atoms with Crippen LogP contribution >= 0.6 is 0 Å². The molecule has 0 bridgehead atoms. The van der Waals surface area contributed by atoms with E-state index in [1.807, 2.05) is 19.1 Å². The fraction of sp³-hybridized carbons (Fsp3) is 0.263. The molecule has 1 aliphatic heterocycles. The van der Waals surface area contributed by atoms with E-state index in [9.17, 15) is 14.0 Å². The molecule has 5 nitrogen and oxygen atoms in total. The smallest absolute Gasteiger partial charge is 0.258 e. The van der Waals surface area contributed by atoms with Gasteiger partial charge in [-0.2, -0.15) is 0 Å². The summed E-state index contributed by atoms with van der Waals surface area (Å²) < 4.78 is 18.7. The van der Waals surface area contributed by atoms with Gasteiger partial charge in [-0.05, 0) is 37.3 Å². The minimum atomic E-state index is -0.399. The van der Waals surface area contributed by atoms with E-state index < -0.39 is 5.82 Å². The highest BCUT2D eigenvalue weighted by Gasteiger charge is 2.31. The second kappa shape index (κ2) is 7.34. The van der Waals surface area contributed by atoms with E-state index in [-0.39, 0.29) is 30.9 Å². The zero-order valence-corrected chi connectivity index (χ0v) is 13.9. The summed E-state index contributed by atoms with van der Waals surface area (Å²) in [5, 5.41) is 2.79. The number of ether oxygens (including phenoxy) is 1. The summed E-state index contributed by atoms with van der Waals surface area (Å²) in [6.45, 7) is 2.17. The van der Waals surface area contributed by atoms with Gasteiger partial charge in [0.2, 0.25) is 5.91 Å². The Labute approximate surface area is 145 Å². The van der Waals surface area contributed by atoms with Crippen LogP contribution in [0.15, 0.2) is 48.5 Å². The van der Waals surface area contributed by atoms with E-state index in [4.69, 9.17) is 4.74 Å². The molecule has 130 valence electrons. The molecule has 0 spiro atoms. The highest BCUT2D eigenvalue weighted by Crippen LogP contribution is 2.22. The van der Waals surface area contributed by atoms with Crippen molar-refractivity contribution in [1.29, 1.82) is 0 Å². The first-order valence-corrected chi connectivity index (χ1v) is 8.06. The lowest BCUT2D eigenvalue weighted by atomic mass is 10.2. The maximum absolute atomic E-state index is 13.3. The van der Waals surface area contributed by atoms with Crippen LogP contribution in [0.25, 0.3) is 0 Å². The normalized spacial score (nSPS) is 16.8. The third-order valence-electron chi connectivity index (χ3n) is 4.00. The van der Waals surface area contributed by atoms with Gasteiger partial charge in [-0.15, -0.1) is 0 Å². The van der Waals surface area contributed by atoms with Gasteiger partial charge in [-0.25, -0.2) is 4.39 Å². The van der Waals surface area contributed by atoms with Crippen molar-refractivity contribution in [2.24, 2.45) is 0 Å². The summed E-state index contributed by atoms with van der Waals surface area (Å²) >= 11 is 0. The molecular weight excluding hydrogens is 323 g/mol. The molecule has 0 saturated carbocycles. The number of benzene rings is 2. The first kappa shape index (κ1) is 17.0. The van der Waals surface area contributed by atoms with Crippen molar-refractivity contribution in [3.63, 3.8) is 0 Å². The summed E-state index contributed by atoms with van der Waals surface area (Å²) in [6, 6.07) is 12.9. The van der Waals surface area contributed by atoms with E-state index in [1.54, 1.807) is 24.3 Å². The molecule has 3 rings (SSSR count). The molecular formula is C19H19FN2O3. The zero-order valence-electron chi connectivity index (χ0n) is 13.9. The predicted octanol–water partition coefficient (Wildman–Crippen LogP) is 2.43. The van der Waals surface area contributed by atoms with Crippen LogP contribution in [0.4, 0.5) is 10.1 Å². The Morgan fingerprint density at radius 2 is 2.04 bits per heavy atom. The number of rotatable bonds is 5. The van der Waals surface area contributed by atoms with Crippen molar-refractivity contribution >= 4 is 17.5 Å². The second-order valence-electron chi connectivity index (χ2n) is 6.05. The number of halogens is 1. The van der Waals surface area contributed by atoms with Crippen molar-refractivity contribution in [1.82, 2.24) is 5.32 Å². The molecule has 1 N–H and O–H groups in total. The van der Waals surface area contributed by atoms with Crippen molar-refractivity contribution < 1.29 is 18.7 Å². The summed E-state index contributed by atoms with van der Waals surface area (Å²) in [5.41, 5.74) is 1.61. The summed E-state index contributed by atoms with van der Waals surface area (Å²) in [4.78, 5) is 25.6. The quantitative estimate of drug-likeness (QED) is 0.908. The van der Waals surface area contributed by atoms with Gasteiger partial charge >= 0.3 is 0 Å². The molecule has 1 fully saturated rings. The summed E-state index contributed by atoms with van der Waals surface area (Å²) in [5.74, 6) is -0.219. The van der Waals surface area contributed by atoms with E-state index in [1.165, 1.54) is 17.0 Å². The Bertz CT molecular complexity index is 776. The average Bonchev–Trinajstić information content (AvgIpc) is 2.94. The van der Waals surface area contributed by atoms with Gasteiger partial charge in [0.15, 0.2) is 6.61 Å². The van der Waals surface area contributed by atoms with Crippen LogP contribution in [0.2, 0.25) is 0 Å². The summed E-state index contributed by atoms with van der Waals surface area (Å²) in [6.07, 6.45) is 0.187. The van der Waals surface area contributed by atoms with E-state index in [0.29, 0.717) is 18.0 Å². The van der Waals surface area contributed by atoms with Crippen LogP contribution < -0.4 is 15.0 Å². The first-order valence-electron chi connectivity index (χ1n) is 8.06. The van der Waals surface area contributed by atoms with E-state index >= 15 is 0 Å². The van der Waals surface area contributed by atoms with Gasteiger partial charge < -0.3 is 15.0 Å². The second-order valence-corrected chi connectivity index (χ2v) is 6.05. The van der Waals surface area contributed by atoms with Gasteiger partial charge in [-0.1, -0.05) is 23.8 Å². The highest BCUT2D eigenvalue weighted by atomic mass is 19.1. The number of hydrogen-bond donors (Lipinski definition) is 1. The lowest BCUT2D eigenvalue weighted by Crippen LogP contribution is -2.39. The Morgan fingerprint density at radius 3 is 2.76 bits per heavy atom. The topological polar surface area (TPSA) is 58.6 Å². The third kappa shape index (κ3) is 4.35. The summed E-state index contributed by atoms with van der Waals surface area (Å²) in [7, 11) is 0. The maximum Gasteiger partial charge on any atom is 0.258 e. The number of carbonyl (C=O) groups excluding carboxylic acids is 2. The Morgan fingerprint density at radius 1 is 1.28 bits per heavy atom. The van der Waals surface area contributed by atoms with Crippen LogP contribution in [0.3, 0.4) is 0 Å². The lowest BCUT2D eigenvalue weighted by Gasteiger charge is -2.17.